The van der Waals surface area contributed by atoms with Crippen LogP contribution in [0.4, 0.5) is 5.82 Å². The summed E-state index contributed by atoms with van der Waals surface area (Å²) in [4.78, 5) is 6.80. The second-order valence-electron chi connectivity index (χ2n) is 3.82. The van der Waals surface area contributed by atoms with Crippen molar-refractivity contribution in [2.24, 2.45) is 5.73 Å². The van der Waals surface area contributed by atoms with Crippen LogP contribution in [0.1, 0.15) is 12.1 Å². The third-order valence-corrected chi connectivity index (χ3v) is 3.96. The lowest BCUT2D eigenvalue weighted by atomic mass is 10.2. The molecule has 3 nitrogen and oxygen atoms in total. The SMILES string of the molecule is CN(c1cccc(CN)n1)C1CCSC1. The van der Waals surface area contributed by atoms with Gasteiger partial charge in [0.2, 0.25) is 0 Å². The Morgan fingerprint density at radius 3 is 3.13 bits per heavy atom. The van der Waals surface area contributed by atoms with Gasteiger partial charge in [-0.1, -0.05) is 6.07 Å². The van der Waals surface area contributed by atoms with Gasteiger partial charge in [0.1, 0.15) is 5.82 Å². The van der Waals surface area contributed by atoms with Crippen molar-refractivity contribution in [2.75, 3.05) is 23.5 Å². The summed E-state index contributed by atoms with van der Waals surface area (Å²) in [5, 5.41) is 0. The maximum atomic E-state index is 5.59. The van der Waals surface area contributed by atoms with E-state index in [1.165, 1.54) is 17.9 Å². The summed E-state index contributed by atoms with van der Waals surface area (Å²) in [6.45, 7) is 0.515. The summed E-state index contributed by atoms with van der Waals surface area (Å²) in [5.74, 6) is 3.53. The molecule has 1 saturated heterocycles. The van der Waals surface area contributed by atoms with Crippen LogP contribution in [-0.2, 0) is 6.54 Å². The van der Waals surface area contributed by atoms with Crippen molar-refractivity contribution in [1.82, 2.24) is 4.98 Å². The highest BCUT2D eigenvalue weighted by Crippen LogP contribution is 2.24. The molecule has 2 N–H and O–H groups in total. The molecule has 1 aromatic rings. The van der Waals surface area contributed by atoms with Crippen molar-refractivity contribution >= 4 is 17.6 Å². The average molecular weight is 223 g/mol. The van der Waals surface area contributed by atoms with E-state index in [2.05, 4.69) is 23.0 Å². The monoisotopic (exact) mass is 223 g/mol. The lowest BCUT2D eigenvalue weighted by Gasteiger charge is -2.25. The third-order valence-electron chi connectivity index (χ3n) is 2.82. The van der Waals surface area contributed by atoms with Gasteiger partial charge in [0.15, 0.2) is 0 Å². The quantitative estimate of drug-likeness (QED) is 0.843. The lowest BCUT2D eigenvalue weighted by molar-refractivity contribution is 0.689. The van der Waals surface area contributed by atoms with Crippen molar-refractivity contribution in [3.63, 3.8) is 0 Å². The predicted molar refractivity (Wildman–Crippen MR) is 66.3 cm³/mol. The van der Waals surface area contributed by atoms with E-state index in [0.29, 0.717) is 12.6 Å². The summed E-state index contributed by atoms with van der Waals surface area (Å²) in [7, 11) is 2.12. The molecule has 0 bridgehead atoms. The number of thioether (sulfide) groups is 1. The molecule has 82 valence electrons. The van der Waals surface area contributed by atoms with Crippen LogP contribution < -0.4 is 10.6 Å². The summed E-state index contributed by atoms with van der Waals surface area (Å²) in [5.41, 5.74) is 6.55. The number of rotatable bonds is 3. The van der Waals surface area contributed by atoms with E-state index in [-0.39, 0.29) is 0 Å². The molecule has 1 atom stereocenters. The minimum Gasteiger partial charge on any atom is -0.356 e. The predicted octanol–water partition coefficient (Wildman–Crippen LogP) is 1.48. The first-order valence-corrected chi connectivity index (χ1v) is 6.43. The van der Waals surface area contributed by atoms with Crippen molar-refractivity contribution in [2.45, 2.75) is 19.0 Å². The fourth-order valence-corrected chi connectivity index (χ4v) is 3.06. The number of hydrogen-bond acceptors (Lipinski definition) is 4. The van der Waals surface area contributed by atoms with Crippen LogP contribution in [0, 0.1) is 0 Å². The van der Waals surface area contributed by atoms with E-state index >= 15 is 0 Å². The maximum Gasteiger partial charge on any atom is 0.128 e. The van der Waals surface area contributed by atoms with Gasteiger partial charge in [-0.15, -0.1) is 0 Å². The number of pyridine rings is 1. The summed E-state index contributed by atoms with van der Waals surface area (Å²) in [6.07, 6.45) is 1.26. The molecule has 0 radical (unpaired) electrons. The molecule has 0 aromatic carbocycles. The van der Waals surface area contributed by atoms with Crippen LogP contribution in [0.2, 0.25) is 0 Å². The first kappa shape index (κ1) is 10.8. The van der Waals surface area contributed by atoms with Gasteiger partial charge in [-0.2, -0.15) is 11.8 Å². The Morgan fingerprint density at radius 2 is 2.47 bits per heavy atom. The Balaban J connectivity index is 2.13. The Kier molecular flexibility index (Phi) is 3.49. The number of aromatic nitrogens is 1. The normalized spacial score (nSPS) is 20.5. The Labute approximate surface area is 95.1 Å². The number of nitrogens with zero attached hydrogens (tertiary/aromatic N) is 2. The molecular formula is C11H17N3S. The zero-order valence-corrected chi connectivity index (χ0v) is 9.83. The number of anilines is 1. The highest BCUT2D eigenvalue weighted by Gasteiger charge is 2.20. The van der Waals surface area contributed by atoms with Gasteiger partial charge in [-0.25, -0.2) is 4.98 Å². The summed E-state index contributed by atoms with van der Waals surface area (Å²) < 4.78 is 0. The van der Waals surface area contributed by atoms with E-state index < -0.39 is 0 Å². The fourth-order valence-electron chi connectivity index (χ4n) is 1.79. The Hall–Kier alpha value is -0.740. The zero-order chi connectivity index (χ0) is 10.7. The largest absolute Gasteiger partial charge is 0.356 e. The van der Waals surface area contributed by atoms with Crippen molar-refractivity contribution < 1.29 is 0 Å². The zero-order valence-electron chi connectivity index (χ0n) is 9.02. The van der Waals surface area contributed by atoms with Gasteiger partial charge in [0.05, 0.1) is 5.69 Å². The van der Waals surface area contributed by atoms with Gasteiger partial charge >= 0.3 is 0 Å². The minimum atomic E-state index is 0.515. The van der Waals surface area contributed by atoms with E-state index in [0.717, 1.165) is 11.5 Å². The molecule has 0 spiro atoms. The molecule has 0 saturated carbocycles. The number of hydrogen-bond donors (Lipinski definition) is 1. The molecule has 15 heavy (non-hydrogen) atoms. The molecule has 0 amide bonds. The average Bonchev–Trinajstić information content (AvgIpc) is 2.81. The molecule has 1 aliphatic heterocycles. The second kappa shape index (κ2) is 4.86. The summed E-state index contributed by atoms with van der Waals surface area (Å²) in [6, 6.07) is 6.70. The van der Waals surface area contributed by atoms with Gasteiger partial charge in [0, 0.05) is 25.4 Å². The van der Waals surface area contributed by atoms with E-state index in [1.54, 1.807) is 0 Å². The van der Waals surface area contributed by atoms with Crippen molar-refractivity contribution in [1.29, 1.82) is 0 Å². The highest BCUT2D eigenvalue weighted by molar-refractivity contribution is 7.99. The van der Waals surface area contributed by atoms with Crippen LogP contribution in [-0.4, -0.2) is 29.6 Å². The van der Waals surface area contributed by atoms with Crippen LogP contribution in [0.15, 0.2) is 18.2 Å². The molecule has 1 unspecified atom stereocenters. The van der Waals surface area contributed by atoms with Gasteiger partial charge in [0.25, 0.3) is 0 Å². The molecule has 1 aromatic heterocycles. The van der Waals surface area contributed by atoms with E-state index in [9.17, 15) is 0 Å². The molecule has 4 heteroatoms. The maximum absolute atomic E-state index is 5.59. The van der Waals surface area contributed by atoms with Gasteiger partial charge in [-0.05, 0) is 24.3 Å². The van der Waals surface area contributed by atoms with E-state index in [1.807, 2.05) is 23.9 Å². The van der Waals surface area contributed by atoms with Crippen molar-refractivity contribution in [3.8, 4) is 0 Å². The minimum absolute atomic E-state index is 0.515. The first-order valence-electron chi connectivity index (χ1n) is 5.28. The fraction of sp³-hybridized carbons (Fsp3) is 0.545. The molecule has 0 aliphatic carbocycles. The second-order valence-corrected chi connectivity index (χ2v) is 4.97. The molecule has 2 rings (SSSR count). The highest BCUT2D eigenvalue weighted by atomic mass is 32.2. The summed E-state index contributed by atoms with van der Waals surface area (Å²) >= 11 is 2.02. The van der Waals surface area contributed by atoms with Crippen LogP contribution in [0.5, 0.6) is 0 Å². The molecule has 1 aliphatic rings. The first-order chi connectivity index (χ1) is 7.31. The Bertz CT molecular complexity index is 323. The topological polar surface area (TPSA) is 42.1 Å². The van der Waals surface area contributed by atoms with Crippen LogP contribution >= 0.6 is 11.8 Å². The van der Waals surface area contributed by atoms with Gasteiger partial charge in [-0.3, -0.25) is 0 Å². The van der Waals surface area contributed by atoms with Crippen LogP contribution in [0.3, 0.4) is 0 Å². The lowest BCUT2D eigenvalue weighted by Crippen LogP contribution is -2.32. The number of nitrogens with two attached hydrogens (primary N) is 1. The molecule has 1 fully saturated rings. The standard InChI is InChI=1S/C11H17N3S/c1-14(10-5-6-15-8-10)11-4-2-3-9(7-12)13-11/h2-4,10H,5-8,12H2,1H3. The molecule has 2 heterocycles. The third kappa shape index (κ3) is 2.44. The Morgan fingerprint density at radius 1 is 1.60 bits per heavy atom. The smallest absolute Gasteiger partial charge is 0.128 e. The molecular weight excluding hydrogens is 206 g/mol. The van der Waals surface area contributed by atoms with Gasteiger partial charge < -0.3 is 10.6 Å². The van der Waals surface area contributed by atoms with Crippen LogP contribution in [0.25, 0.3) is 0 Å². The van der Waals surface area contributed by atoms with Crippen molar-refractivity contribution in [3.05, 3.63) is 23.9 Å². The van der Waals surface area contributed by atoms with E-state index in [4.69, 9.17) is 5.73 Å².